The Labute approximate surface area is 127 Å². The van der Waals surface area contributed by atoms with Crippen molar-refractivity contribution in [1.82, 2.24) is 5.32 Å². The second kappa shape index (κ2) is 7.18. The van der Waals surface area contributed by atoms with Crippen LogP contribution in [0.1, 0.15) is 31.7 Å². The molecule has 1 aromatic rings. The molecule has 0 spiro atoms. The Kier molecular flexibility index (Phi) is 5.87. The van der Waals surface area contributed by atoms with Crippen LogP contribution in [0.3, 0.4) is 0 Å². The zero-order chi connectivity index (χ0) is 13.0. The third-order valence-corrected chi connectivity index (χ3v) is 5.70. The van der Waals surface area contributed by atoms with E-state index in [1.54, 1.807) is 0 Å². The Morgan fingerprint density at radius 1 is 1.44 bits per heavy atom. The summed E-state index contributed by atoms with van der Waals surface area (Å²) in [5.74, 6) is 1.22. The van der Waals surface area contributed by atoms with E-state index in [0.717, 1.165) is 21.3 Å². The maximum Gasteiger partial charge on any atom is 0.0417 e. The van der Waals surface area contributed by atoms with Crippen LogP contribution in [0.4, 0.5) is 0 Å². The van der Waals surface area contributed by atoms with Gasteiger partial charge in [0.25, 0.3) is 0 Å². The molecule has 2 rings (SSSR count). The van der Waals surface area contributed by atoms with Gasteiger partial charge in [-0.3, -0.25) is 0 Å². The third-order valence-electron chi connectivity index (χ3n) is 3.40. The van der Waals surface area contributed by atoms with E-state index in [2.05, 4.69) is 46.0 Å². The Morgan fingerprint density at radius 3 is 3.00 bits per heavy atom. The fourth-order valence-electron chi connectivity index (χ4n) is 2.48. The van der Waals surface area contributed by atoms with E-state index in [-0.39, 0.29) is 0 Å². The number of hydrogen-bond acceptors (Lipinski definition) is 2. The van der Waals surface area contributed by atoms with Gasteiger partial charge in [-0.1, -0.05) is 46.9 Å². The Bertz CT molecular complexity index is 399. The summed E-state index contributed by atoms with van der Waals surface area (Å²) >= 11 is 11.6. The molecule has 100 valence electrons. The predicted molar refractivity (Wildman–Crippen MR) is 85.6 cm³/mol. The van der Waals surface area contributed by atoms with Crippen LogP contribution < -0.4 is 5.32 Å². The normalized spacial score (nSPS) is 23.5. The van der Waals surface area contributed by atoms with Crippen molar-refractivity contribution in [2.45, 2.75) is 44.0 Å². The number of rotatable bonds is 5. The lowest BCUT2D eigenvalue weighted by Crippen LogP contribution is -2.33. The molecule has 18 heavy (non-hydrogen) atoms. The van der Waals surface area contributed by atoms with E-state index in [9.17, 15) is 0 Å². The minimum atomic E-state index is 0.664. The van der Waals surface area contributed by atoms with E-state index in [0.29, 0.717) is 6.04 Å². The number of thioether (sulfide) groups is 1. The molecular formula is C14H19BrClNS. The van der Waals surface area contributed by atoms with Crippen LogP contribution in [-0.2, 0) is 6.54 Å². The molecule has 0 heterocycles. The summed E-state index contributed by atoms with van der Waals surface area (Å²) in [6.45, 7) is 3.17. The van der Waals surface area contributed by atoms with E-state index in [4.69, 9.17) is 11.6 Å². The summed E-state index contributed by atoms with van der Waals surface area (Å²) in [5, 5.41) is 5.28. The fraction of sp³-hybridized carbons (Fsp3) is 0.571. The summed E-state index contributed by atoms with van der Waals surface area (Å²) in [4.78, 5) is 0. The lowest BCUT2D eigenvalue weighted by molar-refractivity contribution is 0.531. The lowest BCUT2D eigenvalue weighted by atomic mass is 10.2. The topological polar surface area (TPSA) is 12.0 Å². The van der Waals surface area contributed by atoms with Gasteiger partial charge in [0.2, 0.25) is 0 Å². The maximum absolute atomic E-state index is 5.95. The smallest absolute Gasteiger partial charge is 0.0417 e. The lowest BCUT2D eigenvalue weighted by Gasteiger charge is -2.20. The van der Waals surface area contributed by atoms with Crippen molar-refractivity contribution >= 4 is 39.3 Å². The molecule has 1 saturated carbocycles. The fourth-order valence-corrected chi connectivity index (χ4v) is 4.53. The summed E-state index contributed by atoms with van der Waals surface area (Å²) in [6, 6.07) is 6.68. The standard InChI is InChI=1S/C14H19BrClNS/c1-2-18-14-5-3-4-13(14)17-9-10-6-7-11(16)8-12(10)15/h6-8,13-14,17H,2-5,9H2,1H3. The van der Waals surface area contributed by atoms with Crippen LogP contribution in [0, 0.1) is 0 Å². The van der Waals surface area contributed by atoms with Crippen LogP contribution in [0.5, 0.6) is 0 Å². The summed E-state index contributed by atoms with van der Waals surface area (Å²) in [7, 11) is 0. The SMILES string of the molecule is CCSC1CCCC1NCc1ccc(Cl)cc1Br. The molecule has 2 atom stereocenters. The van der Waals surface area contributed by atoms with Crippen LogP contribution in [-0.4, -0.2) is 17.0 Å². The Morgan fingerprint density at radius 2 is 2.28 bits per heavy atom. The molecular weight excluding hydrogens is 330 g/mol. The molecule has 1 N–H and O–H groups in total. The number of nitrogens with one attached hydrogen (secondary N) is 1. The zero-order valence-corrected chi connectivity index (χ0v) is 13.7. The minimum absolute atomic E-state index is 0.664. The van der Waals surface area contributed by atoms with Gasteiger partial charge in [0, 0.05) is 27.3 Å². The van der Waals surface area contributed by atoms with Crippen molar-refractivity contribution in [2.75, 3.05) is 5.75 Å². The molecule has 1 aromatic carbocycles. The number of hydrogen-bond donors (Lipinski definition) is 1. The molecule has 1 fully saturated rings. The molecule has 4 heteroatoms. The molecule has 1 aliphatic carbocycles. The quantitative estimate of drug-likeness (QED) is 0.815. The van der Waals surface area contributed by atoms with Gasteiger partial charge in [0.15, 0.2) is 0 Å². The molecule has 0 bridgehead atoms. The first-order valence-electron chi connectivity index (χ1n) is 6.49. The van der Waals surface area contributed by atoms with Gasteiger partial charge in [0.05, 0.1) is 0 Å². The monoisotopic (exact) mass is 347 g/mol. The largest absolute Gasteiger partial charge is 0.309 e. The highest BCUT2D eigenvalue weighted by molar-refractivity contribution is 9.10. The van der Waals surface area contributed by atoms with Gasteiger partial charge in [-0.2, -0.15) is 11.8 Å². The average Bonchev–Trinajstić information content (AvgIpc) is 2.76. The summed E-state index contributed by atoms with van der Waals surface area (Å²) < 4.78 is 1.10. The molecule has 2 unspecified atom stereocenters. The third kappa shape index (κ3) is 3.89. The highest BCUT2D eigenvalue weighted by Crippen LogP contribution is 2.30. The van der Waals surface area contributed by atoms with Crippen molar-refractivity contribution in [1.29, 1.82) is 0 Å². The Hall–Kier alpha value is 0.300. The van der Waals surface area contributed by atoms with Gasteiger partial charge >= 0.3 is 0 Å². The van der Waals surface area contributed by atoms with E-state index in [1.165, 1.54) is 30.6 Å². The molecule has 0 amide bonds. The van der Waals surface area contributed by atoms with E-state index < -0.39 is 0 Å². The molecule has 1 aliphatic rings. The van der Waals surface area contributed by atoms with E-state index in [1.807, 2.05) is 12.1 Å². The second-order valence-corrected chi connectivity index (χ2v) is 7.45. The maximum atomic E-state index is 5.95. The highest BCUT2D eigenvalue weighted by Gasteiger charge is 2.26. The molecule has 0 radical (unpaired) electrons. The van der Waals surface area contributed by atoms with Crippen molar-refractivity contribution < 1.29 is 0 Å². The molecule has 0 aliphatic heterocycles. The first kappa shape index (κ1) is 14.7. The Balaban J connectivity index is 1.90. The highest BCUT2D eigenvalue weighted by atomic mass is 79.9. The van der Waals surface area contributed by atoms with Gasteiger partial charge < -0.3 is 5.32 Å². The van der Waals surface area contributed by atoms with Gasteiger partial charge in [-0.05, 0) is 36.3 Å². The summed E-state index contributed by atoms with van der Waals surface area (Å²) in [6.07, 6.45) is 4.03. The van der Waals surface area contributed by atoms with Crippen molar-refractivity contribution in [3.63, 3.8) is 0 Å². The first-order valence-corrected chi connectivity index (χ1v) is 8.71. The average molecular weight is 349 g/mol. The van der Waals surface area contributed by atoms with Gasteiger partial charge in [0.1, 0.15) is 0 Å². The number of halogens is 2. The van der Waals surface area contributed by atoms with E-state index >= 15 is 0 Å². The van der Waals surface area contributed by atoms with Gasteiger partial charge in [-0.15, -0.1) is 0 Å². The van der Waals surface area contributed by atoms with Crippen LogP contribution >= 0.6 is 39.3 Å². The van der Waals surface area contributed by atoms with Crippen LogP contribution in [0.15, 0.2) is 22.7 Å². The number of benzene rings is 1. The van der Waals surface area contributed by atoms with Crippen molar-refractivity contribution in [2.24, 2.45) is 0 Å². The first-order chi connectivity index (χ1) is 8.70. The molecule has 0 saturated heterocycles. The minimum Gasteiger partial charge on any atom is -0.309 e. The van der Waals surface area contributed by atoms with Crippen molar-refractivity contribution in [3.05, 3.63) is 33.3 Å². The van der Waals surface area contributed by atoms with Crippen molar-refractivity contribution in [3.8, 4) is 0 Å². The van der Waals surface area contributed by atoms with Gasteiger partial charge in [-0.25, -0.2) is 0 Å². The van der Waals surface area contributed by atoms with Crippen LogP contribution in [0.2, 0.25) is 5.02 Å². The predicted octanol–water partition coefficient (Wildman–Crippen LogP) is 4.87. The van der Waals surface area contributed by atoms with Crippen LogP contribution in [0.25, 0.3) is 0 Å². The molecule has 0 aromatic heterocycles. The summed E-state index contributed by atoms with van der Waals surface area (Å²) in [5.41, 5.74) is 1.28. The molecule has 1 nitrogen and oxygen atoms in total. The zero-order valence-electron chi connectivity index (χ0n) is 10.6. The second-order valence-electron chi connectivity index (χ2n) is 4.65.